The van der Waals surface area contributed by atoms with Crippen molar-refractivity contribution in [1.82, 2.24) is 0 Å². The second kappa shape index (κ2) is 5.98. The highest BCUT2D eigenvalue weighted by Crippen LogP contribution is 2.59. The van der Waals surface area contributed by atoms with Gasteiger partial charge in [0.15, 0.2) is 5.78 Å². The SMILES string of the molecule is Cc1ccc([S@](=O)C[C@@]2(O)c3ccccc3C(=O)[C@H]3[C@@H]2[C@H]2C=C[C@@H]3C2)cc1. The van der Waals surface area contributed by atoms with Gasteiger partial charge in [-0.1, -0.05) is 54.1 Å². The van der Waals surface area contributed by atoms with Gasteiger partial charge in [0, 0.05) is 22.3 Å². The first-order chi connectivity index (χ1) is 13.0. The molecule has 0 spiro atoms. The fourth-order valence-corrected chi connectivity index (χ4v) is 6.77. The first-order valence-corrected chi connectivity index (χ1v) is 10.8. The number of Topliss-reactive ketones (excluding diaryl/α,β-unsaturated/α-hetero) is 1. The lowest BCUT2D eigenvalue weighted by atomic mass is 9.62. The van der Waals surface area contributed by atoms with E-state index in [4.69, 9.17) is 0 Å². The van der Waals surface area contributed by atoms with Crippen molar-refractivity contribution in [3.63, 3.8) is 0 Å². The van der Waals surface area contributed by atoms with Gasteiger partial charge in [-0.15, -0.1) is 0 Å². The Morgan fingerprint density at radius 3 is 2.56 bits per heavy atom. The monoisotopic (exact) mass is 378 g/mol. The lowest BCUT2D eigenvalue weighted by Gasteiger charge is -2.45. The van der Waals surface area contributed by atoms with Crippen LogP contribution in [0.2, 0.25) is 0 Å². The normalized spacial score (nSPS) is 34.4. The van der Waals surface area contributed by atoms with Crippen LogP contribution in [0.3, 0.4) is 0 Å². The minimum absolute atomic E-state index is 0.124. The van der Waals surface area contributed by atoms with Crippen LogP contribution in [0.25, 0.3) is 0 Å². The van der Waals surface area contributed by atoms with Crippen molar-refractivity contribution in [2.24, 2.45) is 23.7 Å². The van der Waals surface area contributed by atoms with Crippen LogP contribution in [0.4, 0.5) is 0 Å². The summed E-state index contributed by atoms with van der Waals surface area (Å²) in [6.07, 6.45) is 5.19. The molecule has 4 heteroatoms. The Hall–Kier alpha value is -2.04. The average Bonchev–Trinajstić information content (AvgIpc) is 3.29. The molecule has 3 aliphatic rings. The van der Waals surface area contributed by atoms with Gasteiger partial charge < -0.3 is 5.11 Å². The topological polar surface area (TPSA) is 54.4 Å². The van der Waals surface area contributed by atoms with Crippen LogP contribution >= 0.6 is 0 Å². The Kier molecular flexibility index (Phi) is 3.78. The van der Waals surface area contributed by atoms with Gasteiger partial charge >= 0.3 is 0 Å². The Bertz CT molecular complexity index is 977. The van der Waals surface area contributed by atoms with E-state index in [1.165, 1.54) is 0 Å². The Balaban J connectivity index is 1.60. The Morgan fingerprint density at radius 1 is 1.07 bits per heavy atom. The van der Waals surface area contributed by atoms with Crippen molar-refractivity contribution in [1.29, 1.82) is 0 Å². The highest BCUT2D eigenvalue weighted by Gasteiger charge is 2.61. The van der Waals surface area contributed by atoms with Gasteiger partial charge in [-0.05, 0) is 42.9 Å². The van der Waals surface area contributed by atoms with E-state index in [9.17, 15) is 14.1 Å². The third-order valence-corrected chi connectivity index (χ3v) is 8.11. The first kappa shape index (κ1) is 17.1. The summed E-state index contributed by atoms with van der Waals surface area (Å²) in [5.74, 6) is 0.244. The van der Waals surface area contributed by atoms with E-state index in [-0.39, 0.29) is 35.2 Å². The van der Waals surface area contributed by atoms with Crippen molar-refractivity contribution in [3.8, 4) is 0 Å². The molecule has 138 valence electrons. The van der Waals surface area contributed by atoms with E-state index in [1.54, 1.807) is 0 Å². The highest BCUT2D eigenvalue weighted by molar-refractivity contribution is 7.85. The molecule has 0 radical (unpaired) electrons. The fourth-order valence-electron chi connectivity index (χ4n) is 5.41. The first-order valence-electron chi connectivity index (χ1n) is 9.48. The number of fused-ring (bicyclic) bond motifs is 6. The molecule has 0 aliphatic heterocycles. The van der Waals surface area contributed by atoms with Gasteiger partial charge in [0.25, 0.3) is 0 Å². The van der Waals surface area contributed by atoms with Gasteiger partial charge in [0.2, 0.25) is 0 Å². The second-order valence-electron chi connectivity index (χ2n) is 8.14. The van der Waals surface area contributed by atoms with E-state index in [1.807, 2.05) is 55.5 Å². The van der Waals surface area contributed by atoms with Crippen LogP contribution in [0.1, 0.15) is 27.9 Å². The molecule has 0 heterocycles. The zero-order valence-corrected chi connectivity index (χ0v) is 16.0. The molecule has 5 rings (SSSR count). The summed E-state index contributed by atoms with van der Waals surface area (Å²) in [6.45, 7) is 2.00. The van der Waals surface area contributed by atoms with Crippen molar-refractivity contribution in [2.75, 3.05) is 5.75 Å². The predicted molar refractivity (Wildman–Crippen MR) is 105 cm³/mol. The van der Waals surface area contributed by atoms with Crippen molar-refractivity contribution in [3.05, 3.63) is 77.4 Å². The van der Waals surface area contributed by atoms with Crippen LogP contribution in [0.15, 0.2) is 65.6 Å². The molecule has 0 saturated heterocycles. The zero-order valence-electron chi connectivity index (χ0n) is 15.2. The molecule has 2 aromatic carbocycles. The van der Waals surface area contributed by atoms with Crippen LogP contribution in [0.5, 0.6) is 0 Å². The third kappa shape index (κ3) is 2.43. The van der Waals surface area contributed by atoms with Crippen LogP contribution < -0.4 is 0 Å². The molecule has 1 N–H and O–H groups in total. The molecule has 1 saturated carbocycles. The Labute approximate surface area is 161 Å². The van der Waals surface area contributed by atoms with Gasteiger partial charge in [-0.25, -0.2) is 0 Å². The molecule has 0 unspecified atom stereocenters. The fraction of sp³-hybridized carbons (Fsp3) is 0.348. The third-order valence-electron chi connectivity index (χ3n) is 6.61. The highest BCUT2D eigenvalue weighted by atomic mass is 32.2. The summed E-state index contributed by atoms with van der Waals surface area (Å²) in [7, 11) is -1.34. The quantitative estimate of drug-likeness (QED) is 0.830. The minimum Gasteiger partial charge on any atom is -0.384 e. The number of hydrogen-bond donors (Lipinski definition) is 1. The second-order valence-corrected chi connectivity index (χ2v) is 9.59. The standard InChI is InChI=1S/C23H22O3S/c1-14-6-10-17(11-7-14)27(26)13-23(25)19-5-3-2-4-18(19)22(24)20-15-8-9-16(12-15)21(20)23/h2-11,15-16,20-21,25H,12-13H2,1H3/t15-,16+,20-,21+,23-,27-/m1/s1. The summed E-state index contributed by atoms with van der Waals surface area (Å²) in [6, 6.07) is 15.0. The van der Waals surface area contributed by atoms with E-state index in [0.29, 0.717) is 11.1 Å². The summed E-state index contributed by atoms with van der Waals surface area (Å²) in [5.41, 5.74) is 1.11. The summed E-state index contributed by atoms with van der Waals surface area (Å²) in [4.78, 5) is 13.9. The zero-order chi connectivity index (χ0) is 18.8. The summed E-state index contributed by atoms with van der Waals surface area (Å²) >= 11 is 0. The summed E-state index contributed by atoms with van der Waals surface area (Å²) < 4.78 is 13.2. The molecule has 3 aliphatic carbocycles. The smallest absolute Gasteiger partial charge is 0.167 e. The molecular formula is C23H22O3S. The van der Waals surface area contributed by atoms with Crippen LogP contribution in [0, 0.1) is 30.6 Å². The average molecular weight is 378 g/mol. The molecule has 0 amide bonds. The molecule has 6 atom stereocenters. The largest absolute Gasteiger partial charge is 0.384 e. The van der Waals surface area contributed by atoms with E-state index < -0.39 is 16.4 Å². The van der Waals surface area contributed by atoms with Crippen molar-refractivity contribution < 1.29 is 14.1 Å². The number of hydrogen-bond acceptors (Lipinski definition) is 3. The molecule has 3 nitrogen and oxygen atoms in total. The number of allylic oxidation sites excluding steroid dienone is 2. The number of aryl methyl sites for hydroxylation is 1. The number of rotatable bonds is 3. The molecule has 1 fully saturated rings. The molecule has 27 heavy (non-hydrogen) atoms. The lowest BCUT2D eigenvalue weighted by molar-refractivity contribution is -0.0371. The maximum atomic E-state index is 13.2. The van der Waals surface area contributed by atoms with Crippen LogP contribution in [-0.2, 0) is 16.4 Å². The lowest BCUT2D eigenvalue weighted by Crippen LogP contribution is -2.51. The molecule has 0 aromatic heterocycles. The number of aliphatic hydroxyl groups is 1. The van der Waals surface area contributed by atoms with Gasteiger partial charge in [-0.3, -0.25) is 9.00 Å². The number of carbonyl (C=O) groups excluding carboxylic acids is 1. The number of benzene rings is 2. The van der Waals surface area contributed by atoms with Crippen LogP contribution in [-0.4, -0.2) is 20.9 Å². The van der Waals surface area contributed by atoms with Gasteiger partial charge in [0.05, 0.1) is 16.6 Å². The van der Waals surface area contributed by atoms with E-state index in [2.05, 4.69) is 12.2 Å². The van der Waals surface area contributed by atoms with Crippen molar-refractivity contribution >= 4 is 16.6 Å². The molecular weight excluding hydrogens is 356 g/mol. The molecule has 2 bridgehead atoms. The minimum atomic E-state index is -1.34. The number of carbonyl (C=O) groups is 1. The molecule has 2 aromatic rings. The maximum Gasteiger partial charge on any atom is 0.167 e. The number of ketones is 1. The van der Waals surface area contributed by atoms with E-state index in [0.717, 1.165) is 16.9 Å². The predicted octanol–water partition coefficient (Wildman–Crippen LogP) is 3.63. The maximum absolute atomic E-state index is 13.2. The van der Waals surface area contributed by atoms with E-state index >= 15 is 0 Å². The van der Waals surface area contributed by atoms with Gasteiger partial charge in [-0.2, -0.15) is 0 Å². The van der Waals surface area contributed by atoms with Gasteiger partial charge in [0.1, 0.15) is 5.60 Å². The summed E-state index contributed by atoms with van der Waals surface area (Å²) in [5, 5.41) is 11.9. The van der Waals surface area contributed by atoms with Crippen molar-refractivity contribution in [2.45, 2.75) is 23.8 Å². The Morgan fingerprint density at radius 2 is 1.78 bits per heavy atom.